The summed E-state index contributed by atoms with van der Waals surface area (Å²) < 4.78 is 4.87. The van der Waals surface area contributed by atoms with Crippen molar-refractivity contribution < 1.29 is 14.3 Å². The van der Waals surface area contributed by atoms with E-state index in [2.05, 4.69) is 11.4 Å². The lowest BCUT2D eigenvalue weighted by atomic mass is 9.81. The van der Waals surface area contributed by atoms with Gasteiger partial charge in [-0.2, -0.15) is 5.26 Å². The maximum atomic E-state index is 12.2. The van der Waals surface area contributed by atoms with Crippen molar-refractivity contribution in [2.45, 2.75) is 37.6 Å². The number of nitrogens with one attached hydrogen (secondary N) is 1. The molecule has 120 valence electrons. The zero-order chi connectivity index (χ0) is 16.7. The fraction of sp³-hybridized carbons (Fsp3) is 0.389. The van der Waals surface area contributed by atoms with Crippen molar-refractivity contribution in [1.29, 1.82) is 5.26 Å². The van der Waals surface area contributed by atoms with E-state index < -0.39 is 11.5 Å². The number of nitriles is 1. The first-order chi connectivity index (χ1) is 11.1. The summed E-state index contributed by atoms with van der Waals surface area (Å²) in [6.07, 6.45) is 6.95. The molecule has 23 heavy (non-hydrogen) atoms. The molecule has 0 aromatic heterocycles. The average molecular weight is 312 g/mol. The number of hydrogen-bond acceptors (Lipinski definition) is 4. The Morgan fingerprint density at radius 3 is 2.61 bits per heavy atom. The van der Waals surface area contributed by atoms with Crippen LogP contribution in [0.5, 0.6) is 0 Å². The van der Waals surface area contributed by atoms with E-state index in [4.69, 9.17) is 10.00 Å². The maximum absolute atomic E-state index is 12.2. The van der Waals surface area contributed by atoms with Gasteiger partial charge in [-0.3, -0.25) is 4.79 Å². The SMILES string of the molecule is COC(=O)C1(NC(=O)/C=C\c2ccccc2C#N)CCCCC1. The van der Waals surface area contributed by atoms with E-state index in [1.54, 1.807) is 30.3 Å². The third kappa shape index (κ3) is 3.98. The van der Waals surface area contributed by atoms with Crippen LogP contribution in [0.3, 0.4) is 0 Å². The number of carbonyl (C=O) groups excluding carboxylic acids is 2. The number of hydrogen-bond donors (Lipinski definition) is 1. The molecule has 1 aromatic carbocycles. The number of carbonyl (C=O) groups is 2. The molecule has 1 amide bonds. The number of methoxy groups -OCH3 is 1. The molecule has 0 saturated heterocycles. The second-order valence-electron chi connectivity index (χ2n) is 5.66. The molecule has 2 rings (SSSR count). The topological polar surface area (TPSA) is 79.2 Å². The molecular formula is C18H20N2O3. The number of rotatable bonds is 4. The lowest BCUT2D eigenvalue weighted by molar-refractivity contribution is -0.152. The van der Waals surface area contributed by atoms with E-state index >= 15 is 0 Å². The predicted molar refractivity (Wildman–Crippen MR) is 86.2 cm³/mol. The van der Waals surface area contributed by atoms with Crippen molar-refractivity contribution >= 4 is 18.0 Å². The smallest absolute Gasteiger partial charge is 0.331 e. The molecule has 5 nitrogen and oxygen atoms in total. The Morgan fingerprint density at radius 1 is 1.26 bits per heavy atom. The standard InChI is InChI=1S/C18H20N2O3/c1-23-17(22)18(11-5-2-6-12-18)20-16(21)10-9-14-7-3-4-8-15(14)13-19/h3-4,7-10H,2,5-6,11-12H2,1H3,(H,20,21)/b10-9-. The lowest BCUT2D eigenvalue weighted by Gasteiger charge is -2.34. The van der Waals surface area contributed by atoms with Crippen molar-refractivity contribution in [1.82, 2.24) is 5.32 Å². The van der Waals surface area contributed by atoms with Gasteiger partial charge in [-0.1, -0.05) is 37.5 Å². The highest BCUT2D eigenvalue weighted by atomic mass is 16.5. The van der Waals surface area contributed by atoms with Gasteiger partial charge in [-0.15, -0.1) is 0 Å². The Balaban J connectivity index is 2.12. The Bertz CT molecular complexity index is 652. The van der Waals surface area contributed by atoms with Gasteiger partial charge in [0.2, 0.25) is 5.91 Å². The number of benzene rings is 1. The van der Waals surface area contributed by atoms with Crippen LogP contribution >= 0.6 is 0 Å². The molecule has 0 radical (unpaired) electrons. The molecule has 0 aliphatic heterocycles. The number of esters is 1. The van der Waals surface area contributed by atoms with Crippen molar-refractivity contribution in [3.05, 3.63) is 41.5 Å². The van der Waals surface area contributed by atoms with Crippen LogP contribution in [0.15, 0.2) is 30.3 Å². The monoisotopic (exact) mass is 312 g/mol. The van der Waals surface area contributed by atoms with Gasteiger partial charge in [0.1, 0.15) is 5.54 Å². The summed E-state index contributed by atoms with van der Waals surface area (Å²) in [4.78, 5) is 24.3. The quantitative estimate of drug-likeness (QED) is 0.684. The summed E-state index contributed by atoms with van der Waals surface area (Å²) in [5.41, 5.74) is 0.237. The van der Waals surface area contributed by atoms with Crippen LogP contribution in [0, 0.1) is 11.3 Å². The van der Waals surface area contributed by atoms with Gasteiger partial charge in [-0.05, 0) is 30.5 Å². The molecule has 0 unspecified atom stereocenters. The molecule has 0 atom stereocenters. The molecule has 1 aliphatic carbocycles. The van der Waals surface area contributed by atoms with Gasteiger partial charge in [0, 0.05) is 6.08 Å². The fourth-order valence-electron chi connectivity index (χ4n) is 2.92. The van der Waals surface area contributed by atoms with Crippen molar-refractivity contribution in [2.75, 3.05) is 7.11 Å². The zero-order valence-electron chi connectivity index (χ0n) is 13.2. The van der Waals surface area contributed by atoms with Crippen molar-refractivity contribution in [2.24, 2.45) is 0 Å². The van der Waals surface area contributed by atoms with Crippen molar-refractivity contribution in [3.63, 3.8) is 0 Å². The van der Waals surface area contributed by atoms with E-state index in [1.807, 2.05) is 0 Å². The van der Waals surface area contributed by atoms with Crippen LogP contribution < -0.4 is 5.32 Å². The Morgan fingerprint density at radius 2 is 1.96 bits per heavy atom. The minimum Gasteiger partial charge on any atom is -0.467 e. The molecule has 1 aliphatic rings. The number of ether oxygens (including phenoxy) is 1. The highest BCUT2D eigenvalue weighted by molar-refractivity contribution is 5.96. The highest BCUT2D eigenvalue weighted by Gasteiger charge is 2.41. The molecule has 0 heterocycles. The second kappa shape index (κ2) is 7.59. The minimum absolute atomic E-state index is 0.356. The van der Waals surface area contributed by atoms with E-state index in [-0.39, 0.29) is 5.91 Å². The highest BCUT2D eigenvalue weighted by Crippen LogP contribution is 2.29. The normalized spacial score (nSPS) is 16.5. The average Bonchev–Trinajstić information content (AvgIpc) is 2.60. The van der Waals surface area contributed by atoms with E-state index in [9.17, 15) is 9.59 Å². The molecule has 0 bridgehead atoms. The number of amides is 1. The van der Waals surface area contributed by atoms with Gasteiger partial charge >= 0.3 is 5.97 Å². The van der Waals surface area contributed by atoms with Crippen LogP contribution in [0.2, 0.25) is 0 Å². The van der Waals surface area contributed by atoms with E-state index in [1.165, 1.54) is 13.2 Å². The minimum atomic E-state index is -0.927. The van der Waals surface area contributed by atoms with Crippen LogP contribution in [0.1, 0.15) is 43.2 Å². The Hall–Kier alpha value is -2.61. The summed E-state index contributed by atoms with van der Waals surface area (Å²) in [6.45, 7) is 0. The van der Waals surface area contributed by atoms with Gasteiger partial charge in [-0.25, -0.2) is 4.79 Å². The first kappa shape index (κ1) is 16.8. The van der Waals surface area contributed by atoms with Crippen molar-refractivity contribution in [3.8, 4) is 6.07 Å². The molecular weight excluding hydrogens is 292 g/mol. The Labute approximate surface area is 135 Å². The molecule has 1 N–H and O–H groups in total. The summed E-state index contributed by atoms with van der Waals surface area (Å²) in [6, 6.07) is 9.10. The summed E-state index contributed by atoms with van der Waals surface area (Å²) >= 11 is 0. The van der Waals surface area contributed by atoms with Gasteiger partial charge in [0.05, 0.1) is 18.7 Å². The van der Waals surface area contributed by atoms with Gasteiger partial charge in [0.25, 0.3) is 0 Å². The second-order valence-corrected chi connectivity index (χ2v) is 5.66. The first-order valence-corrected chi connectivity index (χ1v) is 7.69. The Kier molecular flexibility index (Phi) is 5.53. The third-order valence-electron chi connectivity index (χ3n) is 4.14. The van der Waals surface area contributed by atoms with Gasteiger partial charge < -0.3 is 10.1 Å². The largest absolute Gasteiger partial charge is 0.467 e. The van der Waals surface area contributed by atoms with Gasteiger partial charge in [0.15, 0.2) is 0 Å². The molecule has 1 fully saturated rings. The molecule has 5 heteroatoms. The summed E-state index contributed by atoms with van der Waals surface area (Å²) in [5.74, 6) is -0.749. The third-order valence-corrected chi connectivity index (χ3v) is 4.14. The fourth-order valence-corrected chi connectivity index (χ4v) is 2.92. The number of nitrogens with zero attached hydrogens (tertiary/aromatic N) is 1. The summed E-state index contributed by atoms with van der Waals surface area (Å²) in [5, 5.41) is 11.9. The maximum Gasteiger partial charge on any atom is 0.331 e. The molecule has 1 saturated carbocycles. The van der Waals surface area contributed by atoms with Crippen LogP contribution in [0.25, 0.3) is 6.08 Å². The van der Waals surface area contributed by atoms with Crippen LogP contribution in [-0.4, -0.2) is 24.5 Å². The van der Waals surface area contributed by atoms with E-state index in [0.717, 1.165) is 19.3 Å². The van der Waals surface area contributed by atoms with E-state index in [0.29, 0.717) is 24.0 Å². The zero-order valence-corrected chi connectivity index (χ0v) is 13.2. The van der Waals surface area contributed by atoms with Crippen LogP contribution in [-0.2, 0) is 14.3 Å². The lowest BCUT2D eigenvalue weighted by Crippen LogP contribution is -2.55. The predicted octanol–water partition coefficient (Wildman–Crippen LogP) is 2.56. The van der Waals surface area contributed by atoms with Crippen LogP contribution in [0.4, 0.5) is 0 Å². The molecule has 0 spiro atoms. The summed E-state index contributed by atoms with van der Waals surface area (Å²) in [7, 11) is 1.34. The first-order valence-electron chi connectivity index (χ1n) is 7.69. The molecule has 1 aromatic rings.